The molecule has 0 bridgehead atoms. The van der Waals surface area contributed by atoms with Crippen LogP contribution in [-0.4, -0.2) is 5.33 Å². The minimum absolute atomic E-state index is 0. The average Bonchev–Trinajstić information content (AvgIpc) is 1.31. The Balaban J connectivity index is 0.000000360. The van der Waals surface area contributed by atoms with E-state index in [1.807, 2.05) is 0 Å². The molecule has 2 heteroatoms. The summed E-state index contributed by atoms with van der Waals surface area (Å²) in [6, 6.07) is 0. The van der Waals surface area contributed by atoms with E-state index in [-0.39, 0.29) is 19.5 Å². The number of rotatable bonds is 1. The largest absolute Gasteiger partial charge is 0.0925 e. The fraction of sp³-hybridized carbons (Fsp3) is 1.00. The van der Waals surface area contributed by atoms with Gasteiger partial charge < -0.3 is 0 Å². The molecule has 0 amide bonds. The maximum Gasteiger partial charge on any atom is 0.00596 e. The topological polar surface area (TPSA) is 0 Å². The van der Waals surface area contributed by atoms with Gasteiger partial charge in [-0.1, -0.05) is 22.4 Å². The molecule has 0 radical (unpaired) electrons. The molecule has 1 saturated carbocycles. The average molecular weight is 214 g/mol. The van der Waals surface area contributed by atoms with E-state index in [4.69, 9.17) is 0 Å². The van der Waals surface area contributed by atoms with Crippen molar-refractivity contribution in [3.63, 3.8) is 0 Å². The van der Waals surface area contributed by atoms with Crippen LogP contribution in [0.4, 0.5) is 0 Å². The van der Waals surface area contributed by atoms with E-state index < -0.39 is 0 Å². The molecule has 0 aliphatic heterocycles. The van der Waals surface area contributed by atoms with Gasteiger partial charge in [0.1, 0.15) is 0 Å². The van der Waals surface area contributed by atoms with Gasteiger partial charge >= 0.3 is 0 Å². The number of halogens is 1. The van der Waals surface area contributed by atoms with E-state index in [0.29, 0.717) is 0 Å². The number of hydrogen-bond acceptors (Lipinski definition) is 0. The Morgan fingerprint density at radius 1 is 1.43 bits per heavy atom. The summed E-state index contributed by atoms with van der Waals surface area (Å²) in [7, 11) is 0. The minimum atomic E-state index is 0. The second kappa shape index (κ2) is 4.03. The van der Waals surface area contributed by atoms with Gasteiger partial charge in [-0.25, -0.2) is 0 Å². The van der Waals surface area contributed by atoms with Crippen molar-refractivity contribution in [1.82, 2.24) is 0 Å². The van der Waals surface area contributed by atoms with Crippen molar-refractivity contribution >= 4 is 15.9 Å². The van der Waals surface area contributed by atoms with Gasteiger partial charge in [-0.05, 0) is 18.8 Å². The smallest absolute Gasteiger partial charge is 0.00596 e. The molecule has 0 unspecified atom stereocenters. The van der Waals surface area contributed by atoms with Crippen LogP contribution in [0.15, 0.2) is 0 Å². The van der Waals surface area contributed by atoms with E-state index >= 15 is 0 Å². The van der Waals surface area contributed by atoms with Crippen LogP contribution in [0, 0.1) is 5.92 Å². The normalized spacial score (nSPS) is 20.1. The molecule has 7 heavy (non-hydrogen) atoms. The summed E-state index contributed by atoms with van der Waals surface area (Å²) in [5.74, 6) is 1.03. The summed E-state index contributed by atoms with van der Waals surface area (Å²) in [6.45, 7) is 0. The minimum Gasteiger partial charge on any atom is -0.0925 e. The van der Waals surface area contributed by atoms with Crippen LogP contribution in [0.25, 0.3) is 0 Å². The first kappa shape index (κ1) is 8.10. The van der Waals surface area contributed by atoms with Gasteiger partial charge in [-0.15, -0.1) is 0 Å². The molecule has 0 aromatic carbocycles. The Morgan fingerprint density at radius 3 is 2.00 bits per heavy atom. The molecule has 0 N–H and O–H groups in total. The molecule has 0 saturated heterocycles. The van der Waals surface area contributed by atoms with Crippen molar-refractivity contribution in [1.29, 1.82) is 0 Å². The standard InChI is InChI=1S/C5H9Br.Zn/c6-4-5-2-1-3-5;/h5H,1-4H2;. The molecule has 1 fully saturated rings. The summed E-state index contributed by atoms with van der Waals surface area (Å²) in [6.07, 6.45) is 4.40. The van der Waals surface area contributed by atoms with Gasteiger partial charge in [0.2, 0.25) is 0 Å². The Bertz CT molecular complexity index is 40.6. The predicted octanol–water partition coefficient (Wildman–Crippen LogP) is 2.18. The molecule has 1 aliphatic rings. The molecule has 38 valence electrons. The first-order chi connectivity index (χ1) is 2.93. The van der Waals surface area contributed by atoms with Gasteiger partial charge in [0.15, 0.2) is 0 Å². The monoisotopic (exact) mass is 212 g/mol. The SMILES string of the molecule is BrCC1CCC1.[Zn]. The summed E-state index contributed by atoms with van der Waals surface area (Å²) >= 11 is 3.43. The Labute approximate surface area is 65.9 Å². The Hall–Kier alpha value is 1.10. The van der Waals surface area contributed by atoms with Gasteiger partial charge in [0, 0.05) is 24.8 Å². The van der Waals surface area contributed by atoms with Crippen molar-refractivity contribution < 1.29 is 19.5 Å². The molecule has 0 nitrogen and oxygen atoms in total. The summed E-state index contributed by atoms with van der Waals surface area (Å²) < 4.78 is 0. The van der Waals surface area contributed by atoms with E-state index in [1.165, 1.54) is 24.6 Å². The van der Waals surface area contributed by atoms with Gasteiger partial charge in [-0.3, -0.25) is 0 Å². The van der Waals surface area contributed by atoms with Crippen LogP contribution in [0.2, 0.25) is 0 Å². The predicted molar refractivity (Wildman–Crippen MR) is 31.1 cm³/mol. The van der Waals surface area contributed by atoms with Crippen LogP contribution < -0.4 is 0 Å². The summed E-state index contributed by atoms with van der Waals surface area (Å²) in [5.41, 5.74) is 0. The quantitative estimate of drug-likeness (QED) is 0.464. The summed E-state index contributed by atoms with van der Waals surface area (Å²) in [5, 5.41) is 1.23. The zero-order valence-electron chi connectivity index (χ0n) is 4.49. The van der Waals surface area contributed by atoms with Gasteiger partial charge in [-0.2, -0.15) is 0 Å². The Kier molecular flexibility index (Phi) is 4.66. The maximum absolute atomic E-state index is 3.43. The van der Waals surface area contributed by atoms with Crippen molar-refractivity contribution in [3.05, 3.63) is 0 Å². The molecule has 0 spiro atoms. The van der Waals surface area contributed by atoms with Crippen molar-refractivity contribution in [2.24, 2.45) is 5.92 Å². The third-order valence-corrected chi connectivity index (χ3v) is 2.36. The Morgan fingerprint density at radius 2 is 2.00 bits per heavy atom. The van der Waals surface area contributed by atoms with Crippen LogP contribution in [0.3, 0.4) is 0 Å². The van der Waals surface area contributed by atoms with Crippen molar-refractivity contribution in [2.75, 3.05) is 5.33 Å². The number of alkyl halides is 1. The van der Waals surface area contributed by atoms with Crippen molar-refractivity contribution in [3.8, 4) is 0 Å². The molecule has 1 aliphatic carbocycles. The molecule has 1 rings (SSSR count). The van der Waals surface area contributed by atoms with E-state index in [9.17, 15) is 0 Å². The second-order valence-corrected chi connectivity index (χ2v) is 2.60. The van der Waals surface area contributed by atoms with Crippen LogP contribution in [0.1, 0.15) is 19.3 Å². The summed E-state index contributed by atoms with van der Waals surface area (Å²) in [4.78, 5) is 0. The maximum atomic E-state index is 3.43. The fourth-order valence-corrected chi connectivity index (χ4v) is 1.29. The molecular formula is C5H9BrZn. The van der Waals surface area contributed by atoms with Crippen LogP contribution in [0.5, 0.6) is 0 Å². The molecule has 0 aromatic rings. The zero-order valence-corrected chi connectivity index (χ0v) is 9.04. The third-order valence-electron chi connectivity index (χ3n) is 1.44. The molecular weight excluding hydrogens is 205 g/mol. The van der Waals surface area contributed by atoms with Gasteiger partial charge in [0.05, 0.1) is 0 Å². The first-order valence-electron chi connectivity index (χ1n) is 2.49. The molecule has 0 aromatic heterocycles. The van der Waals surface area contributed by atoms with E-state index in [1.54, 1.807) is 0 Å². The van der Waals surface area contributed by atoms with Gasteiger partial charge in [0.25, 0.3) is 0 Å². The molecule has 0 atom stereocenters. The third kappa shape index (κ3) is 2.23. The second-order valence-electron chi connectivity index (χ2n) is 1.95. The van der Waals surface area contributed by atoms with E-state index in [0.717, 1.165) is 5.92 Å². The molecule has 0 heterocycles. The van der Waals surface area contributed by atoms with Crippen LogP contribution >= 0.6 is 15.9 Å². The van der Waals surface area contributed by atoms with E-state index in [2.05, 4.69) is 15.9 Å². The fourth-order valence-electron chi connectivity index (χ4n) is 0.647. The van der Waals surface area contributed by atoms with Crippen molar-refractivity contribution in [2.45, 2.75) is 19.3 Å². The first-order valence-corrected chi connectivity index (χ1v) is 3.61. The van der Waals surface area contributed by atoms with Crippen LogP contribution in [-0.2, 0) is 19.5 Å². The zero-order chi connectivity index (χ0) is 4.41. The number of hydrogen-bond donors (Lipinski definition) is 0.